The summed E-state index contributed by atoms with van der Waals surface area (Å²) in [6, 6.07) is 6.42. The zero-order valence-corrected chi connectivity index (χ0v) is 16.5. The topological polar surface area (TPSA) is 59.6 Å². The standard InChI is InChI=1S/C18H29N3O.HI/c1-2-3-13-22-14-7-12-20-18(19)21-17-11-6-9-15-8-4-5-10-16(15)17;/h6,9,11H,2-5,7-8,10,12-14H2,1H3,(H3,19,20,21);1H. The first-order chi connectivity index (χ1) is 10.8. The van der Waals surface area contributed by atoms with E-state index in [1.807, 2.05) is 0 Å². The Hall–Kier alpha value is -0.820. The van der Waals surface area contributed by atoms with Gasteiger partial charge in [0.15, 0.2) is 5.96 Å². The van der Waals surface area contributed by atoms with Crippen molar-refractivity contribution in [1.82, 2.24) is 0 Å². The lowest BCUT2D eigenvalue weighted by atomic mass is 9.90. The molecule has 0 fully saturated rings. The SMILES string of the molecule is CCCCOCCCN=C(N)Nc1cccc2c1CCCC2.I. The molecular formula is C18H30IN3O. The molecule has 1 aliphatic carbocycles. The predicted octanol–water partition coefficient (Wildman–Crippen LogP) is 4.12. The van der Waals surface area contributed by atoms with E-state index in [0.29, 0.717) is 12.5 Å². The molecule has 1 aliphatic rings. The predicted molar refractivity (Wildman–Crippen MR) is 109 cm³/mol. The Morgan fingerprint density at radius 3 is 2.83 bits per heavy atom. The molecule has 1 aromatic rings. The van der Waals surface area contributed by atoms with Crippen molar-refractivity contribution in [3.05, 3.63) is 29.3 Å². The van der Waals surface area contributed by atoms with E-state index in [-0.39, 0.29) is 24.0 Å². The highest BCUT2D eigenvalue weighted by Gasteiger charge is 2.12. The van der Waals surface area contributed by atoms with Crippen molar-refractivity contribution >= 4 is 35.6 Å². The Balaban J connectivity index is 0.00000264. The highest BCUT2D eigenvalue weighted by atomic mass is 127. The number of rotatable bonds is 8. The van der Waals surface area contributed by atoms with Gasteiger partial charge in [-0.2, -0.15) is 0 Å². The molecule has 2 rings (SSSR count). The highest BCUT2D eigenvalue weighted by molar-refractivity contribution is 14.0. The fourth-order valence-electron chi connectivity index (χ4n) is 2.79. The number of nitrogens with one attached hydrogen (secondary N) is 1. The lowest BCUT2D eigenvalue weighted by Gasteiger charge is -2.19. The average Bonchev–Trinajstić information content (AvgIpc) is 2.54. The molecule has 23 heavy (non-hydrogen) atoms. The second-order valence-electron chi connectivity index (χ2n) is 5.86. The van der Waals surface area contributed by atoms with Crippen molar-refractivity contribution in [3.8, 4) is 0 Å². The molecule has 0 bridgehead atoms. The van der Waals surface area contributed by atoms with E-state index in [4.69, 9.17) is 10.5 Å². The van der Waals surface area contributed by atoms with Gasteiger partial charge >= 0.3 is 0 Å². The number of hydrogen-bond donors (Lipinski definition) is 2. The molecule has 0 saturated carbocycles. The summed E-state index contributed by atoms with van der Waals surface area (Å²) in [7, 11) is 0. The number of guanidine groups is 1. The summed E-state index contributed by atoms with van der Waals surface area (Å²) in [5.74, 6) is 0.507. The van der Waals surface area contributed by atoms with E-state index < -0.39 is 0 Å². The van der Waals surface area contributed by atoms with Gasteiger partial charge in [-0.1, -0.05) is 25.5 Å². The van der Waals surface area contributed by atoms with Gasteiger partial charge < -0.3 is 15.8 Å². The maximum Gasteiger partial charge on any atom is 0.193 e. The number of halogens is 1. The Morgan fingerprint density at radius 1 is 1.22 bits per heavy atom. The number of aryl methyl sites for hydroxylation is 1. The third-order valence-electron chi connectivity index (χ3n) is 4.03. The second-order valence-corrected chi connectivity index (χ2v) is 5.86. The van der Waals surface area contributed by atoms with E-state index in [1.54, 1.807) is 0 Å². The van der Waals surface area contributed by atoms with Crippen LogP contribution in [0.4, 0.5) is 5.69 Å². The van der Waals surface area contributed by atoms with Gasteiger partial charge in [-0.15, -0.1) is 24.0 Å². The van der Waals surface area contributed by atoms with Gasteiger partial charge in [0.2, 0.25) is 0 Å². The molecule has 0 amide bonds. The first-order valence-corrected chi connectivity index (χ1v) is 8.56. The summed E-state index contributed by atoms with van der Waals surface area (Å²) in [5, 5.41) is 3.27. The van der Waals surface area contributed by atoms with Gasteiger partial charge in [0.25, 0.3) is 0 Å². The minimum absolute atomic E-state index is 0. The molecule has 5 heteroatoms. The fraction of sp³-hybridized carbons (Fsp3) is 0.611. The van der Waals surface area contributed by atoms with E-state index >= 15 is 0 Å². The number of ether oxygens (including phenoxy) is 1. The van der Waals surface area contributed by atoms with E-state index in [9.17, 15) is 0 Å². The number of hydrogen-bond acceptors (Lipinski definition) is 2. The number of anilines is 1. The number of fused-ring (bicyclic) bond motifs is 1. The first-order valence-electron chi connectivity index (χ1n) is 8.56. The first kappa shape index (κ1) is 20.2. The average molecular weight is 431 g/mol. The fourth-order valence-corrected chi connectivity index (χ4v) is 2.79. The van der Waals surface area contributed by atoms with Crippen molar-refractivity contribution in [2.24, 2.45) is 10.7 Å². The molecule has 0 heterocycles. The van der Waals surface area contributed by atoms with E-state index in [2.05, 4.69) is 35.4 Å². The van der Waals surface area contributed by atoms with Crippen LogP contribution in [0.1, 0.15) is 50.2 Å². The van der Waals surface area contributed by atoms with Crippen LogP contribution >= 0.6 is 24.0 Å². The summed E-state index contributed by atoms with van der Waals surface area (Å²) in [6.07, 6.45) is 8.09. The number of nitrogens with zero attached hydrogens (tertiary/aromatic N) is 1. The number of benzene rings is 1. The van der Waals surface area contributed by atoms with Gasteiger partial charge in [0.05, 0.1) is 0 Å². The summed E-state index contributed by atoms with van der Waals surface area (Å²) in [5.41, 5.74) is 9.99. The summed E-state index contributed by atoms with van der Waals surface area (Å²) in [6.45, 7) is 4.49. The zero-order chi connectivity index (χ0) is 15.6. The molecule has 0 radical (unpaired) electrons. The molecule has 0 aliphatic heterocycles. The van der Waals surface area contributed by atoms with Crippen LogP contribution in [-0.2, 0) is 17.6 Å². The molecule has 1 aromatic carbocycles. The number of aliphatic imine (C=N–C) groups is 1. The van der Waals surface area contributed by atoms with Crippen LogP contribution in [0.5, 0.6) is 0 Å². The van der Waals surface area contributed by atoms with Crippen LogP contribution in [0.3, 0.4) is 0 Å². The van der Waals surface area contributed by atoms with Crippen molar-refractivity contribution in [2.45, 2.75) is 51.9 Å². The lowest BCUT2D eigenvalue weighted by Crippen LogP contribution is -2.24. The third kappa shape index (κ3) is 7.08. The molecule has 0 aromatic heterocycles. The molecule has 0 saturated heterocycles. The largest absolute Gasteiger partial charge is 0.381 e. The summed E-state index contributed by atoms with van der Waals surface area (Å²) < 4.78 is 5.52. The monoisotopic (exact) mass is 431 g/mol. The summed E-state index contributed by atoms with van der Waals surface area (Å²) >= 11 is 0. The van der Waals surface area contributed by atoms with Gasteiger partial charge in [0, 0.05) is 25.4 Å². The zero-order valence-electron chi connectivity index (χ0n) is 14.1. The molecule has 4 nitrogen and oxygen atoms in total. The third-order valence-corrected chi connectivity index (χ3v) is 4.03. The Bertz CT molecular complexity index is 491. The normalized spacial score (nSPS) is 14.0. The number of unbranched alkanes of at least 4 members (excludes halogenated alkanes) is 1. The highest BCUT2D eigenvalue weighted by Crippen LogP contribution is 2.27. The Morgan fingerprint density at radius 2 is 2.00 bits per heavy atom. The molecule has 0 atom stereocenters. The minimum atomic E-state index is 0. The van der Waals surface area contributed by atoms with Crippen molar-refractivity contribution in [2.75, 3.05) is 25.1 Å². The number of nitrogens with two attached hydrogens (primary N) is 1. The minimum Gasteiger partial charge on any atom is -0.381 e. The Labute approximate surface area is 157 Å². The van der Waals surface area contributed by atoms with Crippen LogP contribution in [-0.4, -0.2) is 25.7 Å². The van der Waals surface area contributed by atoms with E-state index in [1.165, 1.54) is 36.8 Å². The maximum absolute atomic E-state index is 6.00. The van der Waals surface area contributed by atoms with Crippen molar-refractivity contribution in [1.29, 1.82) is 0 Å². The van der Waals surface area contributed by atoms with Crippen LogP contribution < -0.4 is 11.1 Å². The quantitative estimate of drug-likeness (QED) is 0.282. The van der Waals surface area contributed by atoms with E-state index in [0.717, 1.165) is 38.2 Å². The van der Waals surface area contributed by atoms with Gasteiger partial charge in [-0.3, -0.25) is 4.99 Å². The van der Waals surface area contributed by atoms with Crippen LogP contribution in [0.2, 0.25) is 0 Å². The van der Waals surface area contributed by atoms with Crippen molar-refractivity contribution < 1.29 is 4.74 Å². The van der Waals surface area contributed by atoms with Crippen molar-refractivity contribution in [3.63, 3.8) is 0 Å². The van der Waals surface area contributed by atoms with Gasteiger partial charge in [-0.05, 0) is 55.7 Å². The smallest absolute Gasteiger partial charge is 0.193 e. The molecule has 0 spiro atoms. The van der Waals surface area contributed by atoms with Gasteiger partial charge in [-0.25, -0.2) is 0 Å². The van der Waals surface area contributed by atoms with Crippen LogP contribution in [0.25, 0.3) is 0 Å². The molecule has 0 unspecified atom stereocenters. The molecule has 130 valence electrons. The maximum atomic E-state index is 6.00. The van der Waals surface area contributed by atoms with Crippen LogP contribution in [0, 0.1) is 0 Å². The summed E-state index contributed by atoms with van der Waals surface area (Å²) in [4.78, 5) is 4.39. The molecule has 3 N–H and O–H groups in total. The second kappa shape index (κ2) is 11.7. The Kier molecular flexibility index (Phi) is 10.3. The molecular weight excluding hydrogens is 401 g/mol. The van der Waals surface area contributed by atoms with Gasteiger partial charge in [0.1, 0.15) is 0 Å². The lowest BCUT2D eigenvalue weighted by molar-refractivity contribution is 0.130. The van der Waals surface area contributed by atoms with Crippen LogP contribution in [0.15, 0.2) is 23.2 Å².